The number of benzene rings is 1. The lowest BCUT2D eigenvalue weighted by Gasteiger charge is -1.96. The number of ketones is 1. The molecule has 0 aliphatic rings. The molecule has 0 saturated heterocycles. The van der Waals surface area contributed by atoms with Crippen LogP contribution in [0.2, 0.25) is 0 Å². The number of hydrogen-bond donors (Lipinski definition) is 0. The van der Waals surface area contributed by atoms with Gasteiger partial charge in [-0.15, -0.1) is 0 Å². The molecule has 7 nitrogen and oxygen atoms in total. The van der Waals surface area contributed by atoms with Crippen LogP contribution in [0.4, 0.5) is 5.69 Å². The maximum absolute atomic E-state index is 12.2. The highest BCUT2D eigenvalue weighted by Gasteiger charge is 2.10. The standard InChI is InChI=1S/C18H15N3O4/c1-12-16(11-20(2)19-12)17(22)9-7-15-8-10-18(25-15)13-3-5-14(6-4-13)21(23)24/h3-11H,1-2H3/b9-7+. The van der Waals surface area contributed by atoms with Crippen molar-refractivity contribution in [1.29, 1.82) is 0 Å². The predicted octanol–water partition coefficient (Wildman–Crippen LogP) is 3.79. The van der Waals surface area contributed by atoms with Crippen molar-refractivity contribution in [2.24, 2.45) is 7.05 Å². The number of carbonyl (C=O) groups is 1. The fraction of sp³-hybridized carbons (Fsp3) is 0.111. The Balaban J connectivity index is 1.76. The van der Waals surface area contributed by atoms with E-state index in [2.05, 4.69) is 5.10 Å². The van der Waals surface area contributed by atoms with E-state index in [-0.39, 0.29) is 11.5 Å². The molecular weight excluding hydrogens is 322 g/mol. The van der Waals surface area contributed by atoms with E-state index in [4.69, 9.17) is 4.42 Å². The Morgan fingerprint density at radius 2 is 1.96 bits per heavy atom. The highest BCUT2D eigenvalue weighted by Crippen LogP contribution is 2.25. The molecule has 0 radical (unpaired) electrons. The molecule has 3 aromatic rings. The summed E-state index contributed by atoms with van der Waals surface area (Å²) in [6, 6.07) is 9.56. The average molecular weight is 337 g/mol. The van der Waals surface area contributed by atoms with E-state index >= 15 is 0 Å². The normalized spacial score (nSPS) is 11.1. The number of nitro groups is 1. The van der Waals surface area contributed by atoms with E-state index in [0.717, 1.165) is 5.56 Å². The van der Waals surface area contributed by atoms with Gasteiger partial charge in [-0.3, -0.25) is 19.6 Å². The zero-order valence-electron chi connectivity index (χ0n) is 13.7. The van der Waals surface area contributed by atoms with Gasteiger partial charge in [-0.05, 0) is 43.3 Å². The summed E-state index contributed by atoms with van der Waals surface area (Å²) >= 11 is 0. The van der Waals surface area contributed by atoms with Crippen molar-refractivity contribution in [2.45, 2.75) is 6.92 Å². The number of aryl methyl sites for hydroxylation is 2. The maximum atomic E-state index is 12.2. The minimum Gasteiger partial charge on any atom is -0.457 e. The summed E-state index contributed by atoms with van der Waals surface area (Å²) in [6.07, 6.45) is 4.69. The largest absolute Gasteiger partial charge is 0.457 e. The molecule has 0 aliphatic heterocycles. The number of aromatic nitrogens is 2. The first-order valence-corrected chi connectivity index (χ1v) is 7.51. The number of allylic oxidation sites excluding steroid dienone is 1. The second-order valence-electron chi connectivity index (χ2n) is 5.51. The van der Waals surface area contributed by atoms with Gasteiger partial charge < -0.3 is 4.42 Å². The topological polar surface area (TPSA) is 91.2 Å². The van der Waals surface area contributed by atoms with E-state index in [1.165, 1.54) is 18.2 Å². The molecule has 0 fully saturated rings. The molecule has 25 heavy (non-hydrogen) atoms. The third-order valence-electron chi connectivity index (χ3n) is 3.67. The molecule has 2 aromatic heterocycles. The van der Waals surface area contributed by atoms with Crippen LogP contribution in [0, 0.1) is 17.0 Å². The zero-order valence-corrected chi connectivity index (χ0v) is 13.7. The van der Waals surface area contributed by atoms with Gasteiger partial charge in [0.25, 0.3) is 5.69 Å². The molecular formula is C18H15N3O4. The Bertz CT molecular complexity index is 965. The minimum atomic E-state index is -0.452. The van der Waals surface area contributed by atoms with Crippen molar-refractivity contribution in [2.75, 3.05) is 0 Å². The van der Waals surface area contributed by atoms with Crippen LogP contribution in [0.1, 0.15) is 21.8 Å². The first-order valence-electron chi connectivity index (χ1n) is 7.51. The Hall–Kier alpha value is -3.48. The van der Waals surface area contributed by atoms with Crippen molar-refractivity contribution >= 4 is 17.5 Å². The highest BCUT2D eigenvalue weighted by molar-refractivity contribution is 6.07. The van der Waals surface area contributed by atoms with Gasteiger partial charge in [0, 0.05) is 30.9 Å². The van der Waals surface area contributed by atoms with E-state index in [1.54, 1.807) is 55.2 Å². The SMILES string of the molecule is Cc1nn(C)cc1C(=O)/C=C/c1ccc(-c2ccc([N+](=O)[O-])cc2)o1. The Kier molecular flexibility index (Phi) is 4.30. The van der Waals surface area contributed by atoms with E-state index in [9.17, 15) is 14.9 Å². The Labute approximate surface area is 143 Å². The van der Waals surface area contributed by atoms with Crippen molar-refractivity contribution < 1.29 is 14.1 Å². The van der Waals surface area contributed by atoms with Crippen LogP contribution in [-0.2, 0) is 7.05 Å². The van der Waals surface area contributed by atoms with Gasteiger partial charge in [0.1, 0.15) is 11.5 Å². The van der Waals surface area contributed by atoms with Crippen LogP contribution in [0.5, 0.6) is 0 Å². The number of furan rings is 1. The van der Waals surface area contributed by atoms with Gasteiger partial charge in [0.15, 0.2) is 5.78 Å². The predicted molar refractivity (Wildman–Crippen MR) is 92.1 cm³/mol. The molecule has 0 N–H and O–H groups in total. The highest BCUT2D eigenvalue weighted by atomic mass is 16.6. The number of rotatable bonds is 5. The molecule has 0 atom stereocenters. The monoisotopic (exact) mass is 337 g/mol. The molecule has 0 bridgehead atoms. The molecule has 0 unspecified atom stereocenters. The van der Waals surface area contributed by atoms with Gasteiger partial charge in [0.2, 0.25) is 0 Å². The third kappa shape index (κ3) is 3.55. The molecule has 1 aromatic carbocycles. The van der Waals surface area contributed by atoms with Gasteiger partial charge in [-0.2, -0.15) is 5.10 Å². The summed E-state index contributed by atoms with van der Waals surface area (Å²) in [4.78, 5) is 22.4. The number of hydrogen-bond acceptors (Lipinski definition) is 5. The second kappa shape index (κ2) is 6.56. The average Bonchev–Trinajstić information content (AvgIpc) is 3.19. The van der Waals surface area contributed by atoms with Crippen molar-refractivity contribution in [1.82, 2.24) is 9.78 Å². The van der Waals surface area contributed by atoms with Crippen LogP contribution in [0.25, 0.3) is 17.4 Å². The van der Waals surface area contributed by atoms with Crippen molar-refractivity contribution in [3.05, 3.63) is 75.8 Å². The Morgan fingerprint density at radius 1 is 1.24 bits per heavy atom. The summed E-state index contributed by atoms with van der Waals surface area (Å²) in [7, 11) is 1.76. The number of carbonyl (C=O) groups excluding carboxylic acids is 1. The molecule has 3 rings (SSSR count). The first kappa shape index (κ1) is 16.4. The van der Waals surface area contributed by atoms with Crippen LogP contribution >= 0.6 is 0 Å². The molecule has 0 saturated carbocycles. The lowest BCUT2D eigenvalue weighted by atomic mass is 10.1. The second-order valence-corrected chi connectivity index (χ2v) is 5.51. The van der Waals surface area contributed by atoms with Crippen LogP contribution in [0.15, 0.2) is 53.1 Å². The minimum absolute atomic E-state index is 0.0212. The van der Waals surface area contributed by atoms with Crippen LogP contribution in [0.3, 0.4) is 0 Å². The number of non-ortho nitro benzene ring substituents is 1. The summed E-state index contributed by atoms with van der Waals surface area (Å²) in [5.41, 5.74) is 1.96. The molecule has 0 amide bonds. The fourth-order valence-corrected chi connectivity index (χ4v) is 2.43. The summed E-state index contributed by atoms with van der Waals surface area (Å²) in [5, 5.41) is 14.8. The smallest absolute Gasteiger partial charge is 0.269 e. The van der Waals surface area contributed by atoms with Gasteiger partial charge in [-0.1, -0.05) is 0 Å². The van der Waals surface area contributed by atoms with Crippen LogP contribution in [-0.4, -0.2) is 20.5 Å². The van der Waals surface area contributed by atoms with E-state index in [1.807, 2.05) is 0 Å². The Morgan fingerprint density at radius 3 is 2.56 bits per heavy atom. The van der Waals surface area contributed by atoms with Crippen LogP contribution < -0.4 is 0 Å². The maximum Gasteiger partial charge on any atom is 0.269 e. The van der Waals surface area contributed by atoms with Gasteiger partial charge in [0.05, 0.1) is 16.2 Å². The van der Waals surface area contributed by atoms with E-state index < -0.39 is 4.92 Å². The summed E-state index contributed by atoms with van der Waals surface area (Å²) in [5.74, 6) is 0.932. The fourth-order valence-electron chi connectivity index (χ4n) is 2.43. The summed E-state index contributed by atoms with van der Waals surface area (Å²) in [6.45, 7) is 1.78. The number of nitro benzene ring substituents is 1. The van der Waals surface area contributed by atoms with E-state index in [0.29, 0.717) is 22.8 Å². The molecule has 126 valence electrons. The van der Waals surface area contributed by atoms with Gasteiger partial charge >= 0.3 is 0 Å². The summed E-state index contributed by atoms with van der Waals surface area (Å²) < 4.78 is 7.26. The van der Waals surface area contributed by atoms with Crippen molar-refractivity contribution in [3.8, 4) is 11.3 Å². The molecule has 2 heterocycles. The van der Waals surface area contributed by atoms with Crippen molar-refractivity contribution in [3.63, 3.8) is 0 Å². The zero-order chi connectivity index (χ0) is 18.0. The van der Waals surface area contributed by atoms with Gasteiger partial charge in [-0.25, -0.2) is 0 Å². The lowest BCUT2D eigenvalue weighted by Crippen LogP contribution is -1.94. The lowest BCUT2D eigenvalue weighted by molar-refractivity contribution is -0.384. The number of nitrogens with zero attached hydrogens (tertiary/aromatic N) is 3. The molecule has 0 aliphatic carbocycles. The quantitative estimate of drug-likeness (QED) is 0.306. The first-order chi connectivity index (χ1) is 11.9. The third-order valence-corrected chi connectivity index (χ3v) is 3.67. The molecule has 7 heteroatoms. The molecule has 0 spiro atoms.